The number of ketones is 1. The summed E-state index contributed by atoms with van der Waals surface area (Å²) in [5, 5.41) is 10.8. The lowest BCUT2D eigenvalue weighted by Gasteiger charge is -2.34. The lowest BCUT2D eigenvalue weighted by Crippen LogP contribution is -2.38. The van der Waals surface area contributed by atoms with Crippen molar-refractivity contribution < 1.29 is 4.79 Å². The van der Waals surface area contributed by atoms with Gasteiger partial charge in [0.2, 0.25) is 0 Å². The molecule has 0 bridgehead atoms. The highest BCUT2D eigenvalue weighted by atomic mass is 16.1. The van der Waals surface area contributed by atoms with E-state index in [2.05, 4.69) is 22.4 Å². The number of para-hydroxylation sites is 1. The van der Waals surface area contributed by atoms with Gasteiger partial charge in [0, 0.05) is 30.9 Å². The monoisotopic (exact) mass is 392 g/mol. The van der Waals surface area contributed by atoms with Crippen LogP contribution in [0, 0.1) is 17.2 Å². The van der Waals surface area contributed by atoms with E-state index >= 15 is 0 Å². The number of pyridine rings is 1. The van der Waals surface area contributed by atoms with Gasteiger partial charge in [-0.3, -0.25) is 9.59 Å². The first kappa shape index (κ1) is 20.8. The Balaban J connectivity index is 2.03. The van der Waals surface area contributed by atoms with E-state index in [4.69, 9.17) is 0 Å². The van der Waals surface area contributed by atoms with Crippen LogP contribution in [0.15, 0.2) is 41.7 Å². The molecule has 0 N–H and O–H groups in total. The summed E-state index contributed by atoms with van der Waals surface area (Å²) in [5.74, 6) is 0.0540. The van der Waals surface area contributed by atoms with Crippen molar-refractivity contribution in [2.75, 3.05) is 38.6 Å². The second-order valence-electron chi connectivity index (χ2n) is 7.83. The smallest absolute Gasteiger partial charge is 0.271 e. The number of rotatable bonds is 7. The zero-order valence-corrected chi connectivity index (χ0v) is 17.2. The Morgan fingerprint density at radius 2 is 2.00 bits per heavy atom. The quantitative estimate of drug-likeness (QED) is 0.678. The molecule has 0 amide bonds. The summed E-state index contributed by atoms with van der Waals surface area (Å²) in [4.78, 5) is 29.3. The zero-order valence-electron chi connectivity index (χ0n) is 17.2. The zero-order chi connectivity index (χ0) is 21.0. The maximum absolute atomic E-state index is 13.2. The lowest BCUT2D eigenvalue weighted by atomic mass is 9.91. The highest BCUT2D eigenvalue weighted by Gasteiger charge is 2.27. The summed E-state index contributed by atoms with van der Waals surface area (Å²) in [7, 11) is 4.01. The van der Waals surface area contributed by atoms with Crippen molar-refractivity contribution in [1.82, 2.24) is 9.47 Å². The first-order valence-electron chi connectivity index (χ1n) is 10.1. The van der Waals surface area contributed by atoms with Crippen molar-refractivity contribution >= 4 is 22.4 Å². The summed E-state index contributed by atoms with van der Waals surface area (Å²) in [5.41, 5.74) is 1.53. The third-order valence-corrected chi connectivity index (χ3v) is 5.66. The fraction of sp³-hybridized carbons (Fsp3) is 0.435. The molecule has 0 saturated carbocycles. The van der Waals surface area contributed by atoms with E-state index in [1.165, 1.54) is 6.08 Å². The lowest BCUT2D eigenvalue weighted by molar-refractivity contribution is -0.118. The molecule has 6 heteroatoms. The number of aromatic nitrogens is 1. The minimum atomic E-state index is -0.232. The number of benzene rings is 1. The molecule has 1 aliphatic rings. The van der Waals surface area contributed by atoms with E-state index in [1.54, 1.807) is 4.57 Å². The van der Waals surface area contributed by atoms with Gasteiger partial charge in [-0.05, 0) is 52.0 Å². The topological polar surface area (TPSA) is 69.3 Å². The highest BCUT2D eigenvalue weighted by Crippen LogP contribution is 2.32. The van der Waals surface area contributed by atoms with E-state index in [9.17, 15) is 14.9 Å². The molecule has 1 saturated heterocycles. The van der Waals surface area contributed by atoms with Crippen LogP contribution in [0.25, 0.3) is 10.9 Å². The van der Waals surface area contributed by atoms with Crippen molar-refractivity contribution in [2.45, 2.75) is 25.8 Å². The second-order valence-corrected chi connectivity index (χ2v) is 7.83. The summed E-state index contributed by atoms with van der Waals surface area (Å²) in [6.45, 7) is 6.32. The Labute approximate surface area is 171 Å². The molecule has 1 aromatic heterocycles. The number of fused-ring (bicyclic) bond motifs is 1. The van der Waals surface area contributed by atoms with Crippen LogP contribution in [-0.2, 0) is 11.3 Å². The molecule has 29 heavy (non-hydrogen) atoms. The summed E-state index contributed by atoms with van der Waals surface area (Å²) in [6, 6.07) is 9.97. The first-order valence-corrected chi connectivity index (χ1v) is 10.1. The number of anilines is 1. The molecular formula is C23H28N4O2. The maximum Gasteiger partial charge on any atom is 0.271 e. The fourth-order valence-electron chi connectivity index (χ4n) is 4.14. The third kappa shape index (κ3) is 4.25. The molecule has 1 aromatic carbocycles. The van der Waals surface area contributed by atoms with Gasteiger partial charge in [-0.2, -0.15) is 5.26 Å². The van der Waals surface area contributed by atoms with Crippen LogP contribution in [0.4, 0.5) is 5.69 Å². The molecule has 2 aromatic rings. The standard InChI is InChI=1S/C23H28N4O2/c1-4-21(28)17-10-14-26(15-11-17)22-18-8-5-6-9-20(18)27(13-7-12-25(2)3)23(29)19(22)16-24/h4-6,8-9,17H,1,7,10-15H2,2-3H3. The van der Waals surface area contributed by atoms with E-state index in [0.717, 1.165) is 23.9 Å². The molecule has 152 valence electrons. The SMILES string of the molecule is C=CC(=O)C1CCN(c2c(C#N)c(=O)n(CCCN(C)C)c3ccccc23)CC1. The van der Waals surface area contributed by atoms with Gasteiger partial charge < -0.3 is 14.4 Å². The third-order valence-electron chi connectivity index (χ3n) is 5.66. The van der Waals surface area contributed by atoms with Gasteiger partial charge in [0.15, 0.2) is 5.78 Å². The molecule has 3 rings (SSSR count). The van der Waals surface area contributed by atoms with Gasteiger partial charge in [0.1, 0.15) is 11.6 Å². The Kier molecular flexibility index (Phi) is 6.50. The molecule has 0 atom stereocenters. The fourth-order valence-corrected chi connectivity index (χ4v) is 4.14. The Morgan fingerprint density at radius 3 is 2.62 bits per heavy atom. The van der Waals surface area contributed by atoms with Crippen LogP contribution in [-0.4, -0.2) is 49.0 Å². The predicted octanol–water partition coefficient (Wildman–Crippen LogP) is 2.80. The van der Waals surface area contributed by atoms with Gasteiger partial charge in [0.25, 0.3) is 5.56 Å². The molecule has 0 unspecified atom stereocenters. The van der Waals surface area contributed by atoms with Gasteiger partial charge in [0.05, 0.1) is 11.2 Å². The number of aryl methyl sites for hydroxylation is 1. The molecule has 0 radical (unpaired) electrons. The average Bonchev–Trinajstić information content (AvgIpc) is 2.74. The Morgan fingerprint density at radius 1 is 1.31 bits per heavy atom. The normalized spacial score (nSPS) is 14.9. The number of allylic oxidation sites excluding steroid dienone is 1. The highest BCUT2D eigenvalue weighted by molar-refractivity contribution is 5.95. The average molecular weight is 393 g/mol. The number of nitrogens with zero attached hydrogens (tertiary/aromatic N) is 4. The molecule has 0 spiro atoms. The molecule has 0 aliphatic carbocycles. The maximum atomic E-state index is 13.2. The number of hydrogen-bond donors (Lipinski definition) is 0. The predicted molar refractivity (Wildman–Crippen MR) is 116 cm³/mol. The van der Waals surface area contributed by atoms with Crippen LogP contribution in [0.5, 0.6) is 0 Å². The number of carbonyl (C=O) groups is 1. The van der Waals surface area contributed by atoms with Crippen LogP contribution in [0.2, 0.25) is 0 Å². The minimum Gasteiger partial charge on any atom is -0.370 e. The number of piperidine rings is 1. The molecule has 1 fully saturated rings. The first-order chi connectivity index (χ1) is 14.0. The van der Waals surface area contributed by atoms with E-state index in [-0.39, 0.29) is 22.8 Å². The molecule has 1 aliphatic heterocycles. The number of hydrogen-bond acceptors (Lipinski definition) is 5. The Bertz CT molecular complexity index is 1010. The molecule has 2 heterocycles. The minimum absolute atomic E-state index is 0.0213. The summed E-state index contributed by atoms with van der Waals surface area (Å²) in [6.07, 6.45) is 3.63. The van der Waals surface area contributed by atoms with E-state index in [1.807, 2.05) is 38.4 Å². The summed E-state index contributed by atoms with van der Waals surface area (Å²) >= 11 is 0. The molecular weight excluding hydrogens is 364 g/mol. The van der Waals surface area contributed by atoms with Gasteiger partial charge in [-0.15, -0.1) is 0 Å². The van der Waals surface area contributed by atoms with E-state index < -0.39 is 0 Å². The van der Waals surface area contributed by atoms with Crippen LogP contribution < -0.4 is 10.5 Å². The number of carbonyl (C=O) groups excluding carboxylic acids is 1. The van der Waals surface area contributed by atoms with Crippen LogP contribution in [0.1, 0.15) is 24.8 Å². The molecule has 6 nitrogen and oxygen atoms in total. The van der Waals surface area contributed by atoms with E-state index in [0.29, 0.717) is 38.2 Å². The Hall–Kier alpha value is -2.91. The van der Waals surface area contributed by atoms with Crippen molar-refractivity contribution in [3.8, 4) is 6.07 Å². The van der Waals surface area contributed by atoms with Crippen molar-refractivity contribution in [2.24, 2.45) is 5.92 Å². The number of nitriles is 1. The summed E-state index contributed by atoms with van der Waals surface area (Å²) < 4.78 is 1.73. The van der Waals surface area contributed by atoms with Crippen molar-refractivity contribution in [3.05, 3.63) is 52.8 Å². The van der Waals surface area contributed by atoms with Crippen molar-refractivity contribution in [3.63, 3.8) is 0 Å². The van der Waals surface area contributed by atoms with Gasteiger partial charge in [-0.1, -0.05) is 24.8 Å². The van der Waals surface area contributed by atoms with Gasteiger partial charge in [-0.25, -0.2) is 0 Å². The largest absolute Gasteiger partial charge is 0.370 e. The second kappa shape index (κ2) is 9.06. The van der Waals surface area contributed by atoms with Crippen molar-refractivity contribution in [1.29, 1.82) is 5.26 Å². The van der Waals surface area contributed by atoms with Gasteiger partial charge >= 0.3 is 0 Å². The van der Waals surface area contributed by atoms with Crippen LogP contribution >= 0.6 is 0 Å². The van der Waals surface area contributed by atoms with Crippen LogP contribution in [0.3, 0.4) is 0 Å².